The van der Waals surface area contributed by atoms with Crippen LogP contribution >= 0.6 is 11.3 Å². The lowest BCUT2D eigenvalue weighted by molar-refractivity contribution is 0.547. The molecule has 2 aromatic rings. The fourth-order valence-corrected chi connectivity index (χ4v) is 2.57. The van der Waals surface area contributed by atoms with Crippen molar-refractivity contribution in [1.82, 2.24) is 15.5 Å². The minimum atomic E-state index is -0.976. The summed E-state index contributed by atoms with van der Waals surface area (Å²) < 4.78 is 40.0. The number of halogens is 3. The Morgan fingerprint density at radius 2 is 1.84 bits per heavy atom. The molecule has 0 aliphatic heterocycles. The van der Waals surface area contributed by atoms with Gasteiger partial charge in [0.1, 0.15) is 22.5 Å². The average molecular weight is 287 g/mol. The summed E-state index contributed by atoms with van der Waals surface area (Å²) in [6, 6.07) is 1.21. The molecule has 1 N–H and O–H groups in total. The van der Waals surface area contributed by atoms with Crippen LogP contribution in [0.2, 0.25) is 0 Å². The van der Waals surface area contributed by atoms with Gasteiger partial charge in [0.2, 0.25) is 0 Å². The lowest BCUT2D eigenvalue weighted by Gasteiger charge is -2.06. The zero-order valence-corrected chi connectivity index (χ0v) is 11.2. The highest BCUT2D eigenvalue weighted by atomic mass is 32.1. The topological polar surface area (TPSA) is 37.8 Å². The maximum absolute atomic E-state index is 13.6. The third kappa shape index (κ3) is 2.93. The molecule has 0 bridgehead atoms. The van der Waals surface area contributed by atoms with Gasteiger partial charge < -0.3 is 5.32 Å². The highest BCUT2D eigenvalue weighted by molar-refractivity contribution is 7.14. The number of benzene rings is 1. The molecule has 19 heavy (non-hydrogen) atoms. The maximum atomic E-state index is 13.6. The summed E-state index contributed by atoms with van der Waals surface area (Å²) >= 11 is 1.08. The van der Waals surface area contributed by atoms with Crippen LogP contribution in [0.15, 0.2) is 12.1 Å². The van der Waals surface area contributed by atoms with E-state index in [4.69, 9.17) is 0 Å². The Morgan fingerprint density at radius 3 is 2.42 bits per heavy atom. The van der Waals surface area contributed by atoms with Gasteiger partial charge >= 0.3 is 0 Å². The maximum Gasteiger partial charge on any atom is 0.153 e. The first-order valence-electron chi connectivity index (χ1n) is 5.74. The van der Waals surface area contributed by atoms with Crippen molar-refractivity contribution >= 4 is 11.3 Å². The zero-order valence-electron chi connectivity index (χ0n) is 10.4. The standard InChI is InChI=1S/C12H12F3N3S/c1-3-16-6(2)11-17-18-12(19-11)10-8(14)4-7(13)5-9(10)15/h4-6,16H,3H2,1-2H3. The van der Waals surface area contributed by atoms with E-state index in [1.165, 1.54) is 0 Å². The van der Waals surface area contributed by atoms with Gasteiger partial charge in [-0.3, -0.25) is 0 Å². The van der Waals surface area contributed by atoms with Crippen LogP contribution in [0.5, 0.6) is 0 Å². The lowest BCUT2D eigenvalue weighted by atomic mass is 10.2. The molecule has 1 aromatic heterocycles. The van der Waals surface area contributed by atoms with E-state index in [1.807, 2.05) is 13.8 Å². The second-order valence-electron chi connectivity index (χ2n) is 3.97. The number of hydrogen-bond acceptors (Lipinski definition) is 4. The normalized spacial score (nSPS) is 12.7. The molecule has 1 unspecified atom stereocenters. The van der Waals surface area contributed by atoms with Gasteiger partial charge in [-0.2, -0.15) is 0 Å². The van der Waals surface area contributed by atoms with Crippen LogP contribution in [0.4, 0.5) is 13.2 Å². The second kappa shape index (κ2) is 5.66. The summed E-state index contributed by atoms with van der Waals surface area (Å²) in [4.78, 5) is 0. The minimum Gasteiger partial charge on any atom is -0.308 e. The van der Waals surface area contributed by atoms with Crippen LogP contribution in [0, 0.1) is 17.5 Å². The van der Waals surface area contributed by atoms with Crippen molar-refractivity contribution in [2.45, 2.75) is 19.9 Å². The monoisotopic (exact) mass is 287 g/mol. The van der Waals surface area contributed by atoms with Crippen LogP contribution in [-0.2, 0) is 0 Å². The number of aromatic nitrogens is 2. The molecule has 1 heterocycles. The average Bonchev–Trinajstić information content (AvgIpc) is 2.77. The van der Waals surface area contributed by atoms with Crippen LogP contribution in [-0.4, -0.2) is 16.7 Å². The van der Waals surface area contributed by atoms with Gasteiger partial charge in [0, 0.05) is 12.1 Å². The highest BCUT2D eigenvalue weighted by Crippen LogP contribution is 2.31. The van der Waals surface area contributed by atoms with Gasteiger partial charge in [-0.25, -0.2) is 13.2 Å². The van der Waals surface area contributed by atoms with Crippen molar-refractivity contribution in [1.29, 1.82) is 0 Å². The summed E-state index contributed by atoms with van der Waals surface area (Å²) in [7, 11) is 0. The molecule has 2 rings (SSSR count). The number of nitrogens with zero attached hydrogens (tertiary/aromatic N) is 2. The lowest BCUT2D eigenvalue weighted by Crippen LogP contribution is -2.17. The van der Waals surface area contributed by atoms with E-state index in [0.29, 0.717) is 17.1 Å². The fourth-order valence-electron chi connectivity index (χ4n) is 1.65. The van der Waals surface area contributed by atoms with Crippen LogP contribution < -0.4 is 5.32 Å². The summed E-state index contributed by atoms with van der Waals surface area (Å²) in [6.45, 7) is 4.57. The smallest absolute Gasteiger partial charge is 0.153 e. The predicted molar refractivity (Wildman–Crippen MR) is 67.3 cm³/mol. The van der Waals surface area contributed by atoms with E-state index in [-0.39, 0.29) is 16.6 Å². The van der Waals surface area contributed by atoms with Gasteiger partial charge in [0.15, 0.2) is 5.01 Å². The molecule has 0 saturated heterocycles. The zero-order chi connectivity index (χ0) is 14.0. The first-order chi connectivity index (χ1) is 9.02. The molecular weight excluding hydrogens is 275 g/mol. The van der Waals surface area contributed by atoms with Crippen LogP contribution in [0.3, 0.4) is 0 Å². The van der Waals surface area contributed by atoms with Gasteiger partial charge in [-0.1, -0.05) is 18.3 Å². The molecule has 0 aliphatic carbocycles. The van der Waals surface area contributed by atoms with Crippen molar-refractivity contribution < 1.29 is 13.2 Å². The molecule has 0 spiro atoms. The van der Waals surface area contributed by atoms with Crippen molar-refractivity contribution in [3.05, 3.63) is 34.6 Å². The largest absolute Gasteiger partial charge is 0.308 e. The van der Waals surface area contributed by atoms with Gasteiger partial charge in [-0.15, -0.1) is 10.2 Å². The molecule has 0 amide bonds. The molecule has 0 aliphatic rings. The molecule has 1 atom stereocenters. The SMILES string of the molecule is CCNC(C)c1nnc(-c2c(F)cc(F)cc2F)s1. The Bertz CT molecular complexity index is 562. The summed E-state index contributed by atoms with van der Waals surface area (Å²) in [5.41, 5.74) is -0.339. The van der Waals surface area contributed by atoms with Gasteiger partial charge in [0.05, 0.1) is 11.6 Å². The molecule has 0 saturated carbocycles. The second-order valence-corrected chi connectivity index (χ2v) is 4.98. The van der Waals surface area contributed by atoms with Crippen LogP contribution in [0.25, 0.3) is 10.6 Å². The minimum absolute atomic E-state index is 0.0529. The molecular formula is C12H12F3N3S. The molecule has 3 nitrogen and oxygen atoms in total. The van der Waals surface area contributed by atoms with Gasteiger partial charge in [-0.05, 0) is 13.5 Å². The fraction of sp³-hybridized carbons (Fsp3) is 0.333. The van der Waals surface area contributed by atoms with Gasteiger partial charge in [0.25, 0.3) is 0 Å². The van der Waals surface area contributed by atoms with Crippen molar-refractivity contribution in [3.8, 4) is 10.6 Å². The summed E-state index contributed by atoms with van der Waals surface area (Å²) in [5.74, 6) is -2.91. The van der Waals surface area contributed by atoms with E-state index in [9.17, 15) is 13.2 Å². The van der Waals surface area contributed by atoms with Crippen LogP contribution in [0.1, 0.15) is 24.9 Å². The first-order valence-corrected chi connectivity index (χ1v) is 6.56. The predicted octanol–water partition coefficient (Wildman–Crippen LogP) is 3.29. The quantitative estimate of drug-likeness (QED) is 0.937. The Kier molecular flexibility index (Phi) is 4.16. The molecule has 1 aromatic carbocycles. The molecule has 0 radical (unpaired) electrons. The Morgan fingerprint density at radius 1 is 1.21 bits per heavy atom. The Hall–Kier alpha value is -1.47. The number of nitrogens with one attached hydrogen (secondary N) is 1. The van der Waals surface area contributed by atoms with E-state index in [0.717, 1.165) is 17.9 Å². The van der Waals surface area contributed by atoms with E-state index >= 15 is 0 Å². The highest BCUT2D eigenvalue weighted by Gasteiger charge is 2.19. The molecule has 0 fully saturated rings. The third-order valence-electron chi connectivity index (χ3n) is 2.54. The Balaban J connectivity index is 2.38. The van der Waals surface area contributed by atoms with E-state index in [2.05, 4.69) is 15.5 Å². The van der Waals surface area contributed by atoms with Crippen molar-refractivity contribution in [2.24, 2.45) is 0 Å². The molecule has 102 valence electrons. The number of hydrogen-bond donors (Lipinski definition) is 1. The number of rotatable bonds is 4. The Labute approximate surface area is 112 Å². The van der Waals surface area contributed by atoms with Crippen molar-refractivity contribution in [2.75, 3.05) is 6.54 Å². The summed E-state index contributed by atoms with van der Waals surface area (Å²) in [5, 5.41) is 11.5. The first kappa shape index (κ1) is 14.0. The molecule has 7 heteroatoms. The van der Waals surface area contributed by atoms with E-state index in [1.54, 1.807) is 0 Å². The van der Waals surface area contributed by atoms with E-state index < -0.39 is 17.5 Å². The summed E-state index contributed by atoms with van der Waals surface area (Å²) in [6.07, 6.45) is 0. The van der Waals surface area contributed by atoms with Crippen molar-refractivity contribution in [3.63, 3.8) is 0 Å². The third-order valence-corrected chi connectivity index (χ3v) is 3.67.